The number of halogens is 1. The Bertz CT molecular complexity index is 1410. The van der Waals surface area contributed by atoms with Crippen LogP contribution in [0, 0.1) is 0 Å². The number of nitrogen functional groups attached to an aromatic ring is 1. The van der Waals surface area contributed by atoms with Gasteiger partial charge in [-0.05, 0) is 55.3 Å². The summed E-state index contributed by atoms with van der Waals surface area (Å²) in [5, 5.41) is 9.70. The summed E-state index contributed by atoms with van der Waals surface area (Å²) < 4.78 is 29.8. The van der Waals surface area contributed by atoms with Gasteiger partial charge in [0.2, 0.25) is 10.0 Å². The molecule has 10 heteroatoms. The highest BCUT2D eigenvalue weighted by Crippen LogP contribution is 2.34. The number of hydrogen-bond donors (Lipinski definition) is 3. The summed E-state index contributed by atoms with van der Waals surface area (Å²) in [5.41, 5.74) is 9.73. The van der Waals surface area contributed by atoms with Gasteiger partial charge in [0.05, 0.1) is 21.8 Å². The summed E-state index contributed by atoms with van der Waals surface area (Å²) in [6.45, 7) is 2.05. The van der Waals surface area contributed by atoms with Gasteiger partial charge in [-0.15, -0.1) is 0 Å². The fourth-order valence-electron chi connectivity index (χ4n) is 4.29. The maximum atomic E-state index is 12.5. The Kier molecular flexibility index (Phi) is 6.26. The van der Waals surface area contributed by atoms with Crippen LogP contribution in [0.1, 0.15) is 24.4 Å². The van der Waals surface area contributed by atoms with Gasteiger partial charge in [0, 0.05) is 29.9 Å². The second-order valence-electron chi connectivity index (χ2n) is 8.36. The van der Waals surface area contributed by atoms with E-state index in [-0.39, 0.29) is 17.5 Å². The van der Waals surface area contributed by atoms with Crippen LogP contribution in [-0.4, -0.2) is 36.3 Å². The zero-order valence-electron chi connectivity index (χ0n) is 18.4. The Hall–Kier alpha value is -2.98. The summed E-state index contributed by atoms with van der Waals surface area (Å²) in [6, 6.07) is 15.9. The molecule has 5 rings (SSSR count). The van der Waals surface area contributed by atoms with Gasteiger partial charge in [-0.3, -0.25) is 4.68 Å². The van der Waals surface area contributed by atoms with E-state index in [1.54, 1.807) is 18.3 Å². The number of aromatic nitrogens is 3. The number of hydrogen-bond acceptors (Lipinski definition) is 6. The number of piperidine rings is 1. The van der Waals surface area contributed by atoms with Gasteiger partial charge in [0.15, 0.2) is 0 Å². The average molecular weight is 497 g/mol. The van der Waals surface area contributed by atoms with Crippen molar-refractivity contribution in [1.29, 1.82) is 0 Å². The van der Waals surface area contributed by atoms with Crippen LogP contribution < -0.4 is 15.8 Å². The number of nitrogens with one attached hydrogen (secondary N) is 2. The molecule has 0 spiro atoms. The first-order valence-electron chi connectivity index (χ1n) is 11.1. The van der Waals surface area contributed by atoms with E-state index in [9.17, 15) is 8.42 Å². The Balaban J connectivity index is 1.40. The van der Waals surface area contributed by atoms with Gasteiger partial charge >= 0.3 is 0 Å². The Morgan fingerprint density at radius 1 is 1.12 bits per heavy atom. The first-order valence-corrected chi connectivity index (χ1v) is 13.0. The maximum Gasteiger partial charge on any atom is 0.240 e. The minimum atomic E-state index is -3.64. The van der Waals surface area contributed by atoms with Gasteiger partial charge in [-0.25, -0.2) is 18.1 Å². The van der Waals surface area contributed by atoms with Crippen LogP contribution >= 0.6 is 11.6 Å². The Morgan fingerprint density at radius 3 is 2.59 bits per heavy atom. The van der Waals surface area contributed by atoms with E-state index < -0.39 is 10.0 Å². The number of fused-ring (bicyclic) bond motifs is 1. The minimum absolute atomic E-state index is 0.165. The van der Waals surface area contributed by atoms with Crippen molar-refractivity contribution in [1.82, 2.24) is 24.8 Å². The van der Waals surface area contributed by atoms with E-state index in [2.05, 4.69) is 19.7 Å². The molecule has 34 heavy (non-hydrogen) atoms. The van der Waals surface area contributed by atoms with Crippen LogP contribution in [0.25, 0.3) is 22.2 Å². The lowest BCUT2D eigenvalue weighted by Crippen LogP contribution is -2.32. The zero-order chi connectivity index (χ0) is 23.7. The van der Waals surface area contributed by atoms with E-state index in [0.717, 1.165) is 53.7 Å². The Morgan fingerprint density at radius 2 is 1.88 bits per heavy atom. The van der Waals surface area contributed by atoms with Crippen molar-refractivity contribution >= 4 is 38.3 Å². The quantitative estimate of drug-likeness (QED) is 0.374. The van der Waals surface area contributed by atoms with Gasteiger partial charge < -0.3 is 11.1 Å². The van der Waals surface area contributed by atoms with Crippen LogP contribution in [0.15, 0.2) is 65.7 Å². The number of nitrogens with two attached hydrogens (primary N) is 1. The molecule has 4 N–H and O–H groups in total. The molecule has 0 radical (unpaired) electrons. The molecule has 4 aromatic rings. The van der Waals surface area contributed by atoms with Crippen molar-refractivity contribution in [2.45, 2.75) is 30.3 Å². The van der Waals surface area contributed by atoms with Crippen LogP contribution in [0.2, 0.25) is 5.02 Å². The van der Waals surface area contributed by atoms with Crippen molar-refractivity contribution in [3.8, 4) is 11.3 Å². The van der Waals surface area contributed by atoms with Crippen LogP contribution in [0.4, 0.5) is 5.82 Å². The molecule has 0 saturated carbocycles. The second-order valence-corrected chi connectivity index (χ2v) is 10.6. The van der Waals surface area contributed by atoms with Crippen LogP contribution in [0.5, 0.6) is 0 Å². The lowest BCUT2D eigenvalue weighted by atomic mass is 10.1. The number of sulfonamides is 1. The molecule has 1 atom stereocenters. The van der Waals surface area contributed by atoms with Crippen molar-refractivity contribution in [2.75, 3.05) is 18.8 Å². The lowest BCUT2D eigenvalue weighted by Gasteiger charge is -2.23. The second kappa shape index (κ2) is 9.34. The molecule has 1 aliphatic heterocycles. The largest absolute Gasteiger partial charge is 0.383 e. The molecule has 1 aliphatic rings. The highest BCUT2D eigenvalue weighted by molar-refractivity contribution is 7.89. The summed E-state index contributed by atoms with van der Waals surface area (Å²) >= 11 is 5.86. The van der Waals surface area contributed by atoms with Crippen LogP contribution in [-0.2, 0) is 16.6 Å². The fraction of sp³-hybridized carbons (Fsp3) is 0.250. The van der Waals surface area contributed by atoms with Gasteiger partial charge in [-0.1, -0.05) is 35.9 Å². The molecule has 0 unspecified atom stereocenters. The summed E-state index contributed by atoms with van der Waals surface area (Å²) in [4.78, 5) is 4.46. The summed E-state index contributed by atoms with van der Waals surface area (Å²) in [5.74, 6) is 0.447. The smallest absolute Gasteiger partial charge is 0.240 e. The predicted octanol–water partition coefficient (Wildman–Crippen LogP) is 3.74. The summed E-state index contributed by atoms with van der Waals surface area (Å²) in [6.07, 6.45) is 3.87. The monoisotopic (exact) mass is 496 g/mol. The molecule has 1 fully saturated rings. The van der Waals surface area contributed by atoms with Crippen molar-refractivity contribution in [3.63, 3.8) is 0 Å². The Labute approximate surface area is 203 Å². The van der Waals surface area contributed by atoms with E-state index in [1.807, 2.05) is 30.3 Å². The average Bonchev–Trinajstić information content (AvgIpc) is 3.25. The number of pyridine rings is 1. The molecular weight excluding hydrogens is 472 g/mol. The number of rotatable bonds is 6. The lowest BCUT2D eigenvalue weighted by molar-refractivity contribution is 0.355. The molecule has 3 heterocycles. The maximum absolute atomic E-state index is 12.5. The van der Waals surface area contributed by atoms with E-state index in [4.69, 9.17) is 22.4 Å². The van der Waals surface area contributed by atoms with Crippen molar-refractivity contribution < 1.29 is 8.42 Å². The highest BCUT2D eigenvalue weighted by Gasteiger charge is 2.22. The van der Waals surface area contributed by atoms with Gasteiger partial charge in [0.25, 0.3) is 0 Å². The normalized spacial score (nSPS) is 16.7. The van der Waals surface area contributed by atoms with Crippen molar-refractivity contribution in [2.24, 2.45) is 0 Å². The fourth-order valence-corrected chi connectivity index (χ4v) is 5.43. The summed E-state index contributed by atoms with van der Waals surface area (Å²) in [7, 11) is -3.64. The third kappa shape index (κ3) is 4.52. The molecule has 0 amide bonds. The van der Waals surface area contributed by atoms with E-state index in [1.165, 1.54) is 12.1 Å². The number of nitrogens with zero attached hydrogens (tertiary/aromatic N) is 3. The predicted molar refractivity (Wildman–Crippen MR) is 134 cm³/mol. The molecule has 1 saturated heterocycles. The molecule has 2 aromatic carbocycles. The first-order chi connectivity index (χ1) is 16.4. The molecule has 2 aromatic heterocycles. The zero-order valence-corrected chi connectivity index (χ0v) is 20.0. The highest BCUT2D eigenvalue weighted by atomic mass is 35.5. The number of benzene rings is 2. The minimum Gasteiger partial charge on any atom is -0.383 e. The van der Waals surface area contributed by atoms with Gasteiger partial charge in [0.1, 0.15) is 11.5 Å². The third-order valence-electron chi connectivity index (χ3n) is 6.08. The molecule has 0 aliphatic carbocycles. The van der Waals surface area contributed by atoms with E-state index in [0.29, 0.717) is 10.8 Å². The molecule has 0 bridgehead atoms. The first kappa shape index (κ1) is 22.8. The number of anilines is 1. The van der Waals surface area contributed by atoms with Crippen molar-refractivity contribution in [3.05, 3.63) is 71.4 Å². The van der Waals surface area contributed by atoms with Crippen LogP contribution in [0.3, 0.4) is 0 Å². The molecule has 176 valence electrons. The molecular formula is C24H25ClN6O2S. The SMILES string of the molecule is Nc1nccc2c1c(-c1ccc(CNS(=O)(=O)c3ccc(Cl)cc3)cc1)nn2[C@@H]1CCCNC1. The standard InChI is InChI=1S/C24H25ClN6O2S/c25-18-7-9-20(10-8-18)34(32,33)29-14-16-3-5-17(6-4-16)23-22-21(11-13-28-24(22)26)31(30-23)19-2-1-12-27-15-19/h3-11,13,19,27,29H,1-2,12,14-15H2,(H2,26,28)/t19-/m1/s1. The van der Waals surface area contributed by atoms with E-state index >= 15 is 0 Å². The third-order valence-corrected chi connectivity index (χ3v) is 7.75. The molecule has 8 nitrogen and oxygen atoms in total. The topological polar surface area (TPSA) is 115 Å². The van der Waals surface area contributed by atoms with Gasteiger partial charge in [-0.2, -0.15) is 5.10 Å².